The van der Waals surface area contributed by atoms with E-state index in [0.717, 1.165) is 18.4 Å². The third kappa shape index (κ3) is 5.61. The Morgan fingerprint density at radius 1 is 0.897 bits per heavy atom. The van der Waals surface area contributed by atoms with Crippen LogP contribution in [0.25, 0.3) is 0 Å². The molecule has 0 saturated carbocycles. The lowest BCUT2D eigenvalue weighted by Gasteiger charge is -2.12. The molecule has 0 bridgehead atoms. The topological polar surface area (TPSA) is 38.3 Å². The fraction of sp³-hybridized carbons (Fsp3) is 0.240. The molecular formula is C25H26ClNO2. The molecule has 0 unspecified atom stereocenters. The zero-order valence-electron chi connectivity index (χ0n) is 16.9. The standard InChI is InChI=1S/C25H26ClNO2/c1-3-18-9-10-19(4-2)22(15-18)16-27-25(28)20-11-13-23(14-12-20)29-17-21-7-5-6-8-24(21)26/h5-15H,3-4,16-17H2,1-2H3,(H,27,28). The van der Waals surface area contributed by atoms with Crippen LogP contribution in [0.2, 0.25) is 5.02 Å². The second kappa shape index (κ2) is 10.1. The van der Waals surface area contributed by atoms with Crippen LogP contribution in [0.5, 0.6) is 5.75 Å². The van der Waals surface area contributed by atoms with E-state index in [9.17, 15) is 4.79 Å². The van der Waals surface area contributed by atoms with Gasteiger partial charge in [0.05, 0.1) is 0 Å². The quantitative estimate of drug-likeness (QED) is 0.499. The molecule has 0 aliphatic carbocycles. The van der Waals surface area contributed by atoms with Gasteiger partial charge in [-0.05, 0) is 59.9 Å². The zero-order chi connectivity index (χ0) is 20.6. The molecule has 0 aromatic heterocycles. The molecule has 0 aliphatic rings. The highest BCUT2D eigenvalue weighted by molar-refractivity contribution is 6.31. The number of amides is 1. The van der Waals surface area contributed by atoms with Crippen molar-refractivity contribution in [1.82, 2.24) is 5.32 Å². The first kappa shape index (κ1) is 20.9. The fourth-order valence-corrected chi connectivity index (χ4v) is 3.36. The highest BCUT2D eigenvalue weighted by atomic mass is 35.5. The van der Waals surface area contributed by atoms with Crippen molar-refractivity contribution >= 4 is 17.5 Å². The van der Waals surface area contributed by atoms with Gasteiger partial charge in [0, 0.05) is 22.7 Å². The molecular weight excluding hydrogens is 382 g/mol. The van der Waals surface area contributed by atoms with E-state index in [4.69, 9.17) is 16.3 Å². The first-order valence-electron chi connectivity index (χ1n) is 9.95. The Morgan fingerprint density at radius 3 is 2.34 bits per heavy atom. The lowest BCUT2D eigenvalue weighted by molar-refractivity contribution is 0.0951. The van der Waals surface area contributed by atoms with Crippen LogP contribution in [-0.2, 0) is 26.0 Å². The van der Waals surface area contributed by atoms with Gasteiger partial charge in [0.25, 0.3) is 5.91 Å². The Kier molecular flexibility index (Phi) is 7.31. The van der Waals surface area contributed by atoms with Crippen LogP contribution >= 0.6 is 11.6 Å². The van der Waals surface area contributed by atoms with Crippen molar-refractivity contribution in [3.05, 3.63) is 99.6 Å². The number of hydrogen-bond donors (Lipinski definition) is 1. The normalized spacial score (nSPS) is 10.6. The summed E-state index contributed by atoms with van der Waals surface area (Å²) in [6, 6.07) is 21.3. The molecule has 0 saturated heterocycles. The Labute approximate surface area is 177 Å². The van der Waals surface area contributed by atoms with Gasteiger partial charge in [-0.2, -0.15) is 0 Å². The maximum atomic E-state index is 12.5. The minimum absolute atomic E-state index is 0.0911. The predicted octanol–water partition coefficient (Wildman–Crippen LogP) is 5.97. The lowest BCUT2D eigenvalue weighted by atomic mass is 10.0. The van der Waals surface area contributed by atoms with Gasteiger partial charge in [-0.3, -0.25) is 4.79 Å². The van der Waals surface area contributed by atoms with Crippen LogP contribution in [0.4, 0.5) is 0 Å². The van der Waals surface area contributed by atoms with Gasteiger partial charge in [-0.1, -0.05) is 61.8 Å². The molecule has 0 spiro atoms. The molecule has 1 N–H and O–H groups in total. The molecule has 3 aromatic carbocycles. The number of rotatable bonds is 8. The summed E-state index contributed by atoms with van der Waals surface area (Å²) in [5.74, 6) is 0.608. The molecule has 3 aromatic rings. The monoisotopic (exact) mass is 407 g/mol. The smallest absolute Gasteiger partial charge is 0.251 e. The van der Waals surface area contributed by atoms with Gasteiger partial charge < -0.3 is 10.1 Å². The van der Waals surface area contributed by atoms with E-state index < -0.39 is 0 Å². The van der Waals surface area contributed by atoms with Gasteiger partial charge in [0.15, 0.2) is 0 Å². The molecule has 0 atom stereocenters. The Bertz CT molecular complexity index is 967. The van der Waals surface area contributed by atoms with Crippen molar-refractivity contribution in [2.45, 2.75) is 39.8 Å². The highest BCUT2D eigenvalue weighted by Gasteiger charge is 2.08. The maximum absolute atomic E-state index is 12.5. The number of carbonyl (C=O) groups is 1. The van der Waals surface area contributed by atoms with E-state index in [1.54, 1.807) is 24.3 Å². The molecule has 3 rings (SSSR count). The number of benzene rings is 3. The number of ether oxygens (including phenoxy) is 1. The SMILES string of the molecule is CCc1ccc(CC)c(CNC(=O)c2ccc(OCc3ccccc3Cl)cc2)c1. The third-order valence-electron chi connectivity index (χ3n) is 4.97. The number of halogens is 1. The van der Waals surface area contributed by atoms with Crippen LogP contribution in [-0.4, -0.2) is 5.91 Å². The average Bonchev–Trinajstić information content (AvgIpc) is 2.77. The largest absolute Gasteiger partial charge is 0.489 e. The van der Waals surface area contributed by atoms with Crippen molar-refractivity contribution in [2.24, 2.45) is 0 Å². The third-order valence-corrected chi connectivity index (χ3v) is 5.34. The summed E-state index contributed by atoms with van der Waals surface area (Å²) in [6.07, 6.45) is 1.94. The number of hydrogen-bond acceptors (Lipinski definition) is 2. The second-order valence-electron chi connectivity index (χ2n) is 6.90. The maximum Gasteiger partial charge on any atom is 0.251 e. The molecule has 0 fully saturated rings. The van der Waals surface area contributed by atoms with Gasteiger partial charge in [0.2, 0.25) is 0 Å². The van der Waals surface area contributed by atoms with E-state index in [-0.39, 0.29) is 5.91 Å². The molecule has 0 radical (unpaired) electrons. The molecule has 4 heteroatoms. The summed E-state index contributed by atoms with van der Waals surface area (Å²) in [7, 11) is 0. The van der Waals surface area contributed by atoms with E-state index in [1.165, 1.54) is 16.7 Å². The van der Waals surface area contributed by atoms with Crippen molar-refractivity contribution in [3.63, 3.8) is 0 Å². The molecule has 0 aliphatic heterocycles. The predicted molar refractivity (Wildman–Crippen MR) is 119 cm³/mol. The van der Waals surface area contributed by atoms with Gasteiger partial charge in [-0.15, -0.1) is 0 Å². The number of aryl methyl sites for hydroxylation is 2. The van der Waals surface area contributed by atoms with E-state index in [0.29, 0.717) is 29.5 Å². The summed E-state index contributed by atoms with van der Waals surface area (Å²) in [5.41, 5.74) is 5.27. The Hall–Kier alpha value is -2.78. The molecule has 150 valence electrons. The van der Waals surface area contributed by atoms with Crippen LogP contribution < -0.4 is 10.1 Å². The minimum atomic E-state index is -0.0911. The Morgan fingerprint density at radius 2 is 1.66 bits per heavy atom. The summed E-state index contributed by atoms with van der Waals surface area (Å²) >= 11 is 6.15. The van der Waals surface area contributed by atoms with Crippen molar-refractivity contribution in [3.8, 4) is 5.75 Å². The van der Waals surface area contributed by atoms with Crippen LogP contribution in [0.15, 0.2) is 66.7 Å². The lowest BCUT2D eigenvalue weighted by Crippen LogP contribution is -2.23. The fourth-order valence-electron chi connectivity index (χ4n) is 3.17. The van der Waals surface area contributed by atoms with Crippen LogP contribution in [0.1, 0.15) is 46.5 Å². The molecule has 29 heavy (non-hydrogen) atoms. The summed E-state index contributed by atoms with van der Waals surface area (Å²) in [5, 5.41) is 3.71. The summed E-state index contributed by atoms with van der Waals surface area (Å²) in [4.78, 5) is 12.5. The first-order chi connectivity index (χ1) is 14.1. The molecule has 3 nitrogen and oxygen atoms in total. The van der Waals surface area contributed by atoms with Crippen molar-refractivity contribution < 1.29 is 9.53 Å². The zero-order valence-corrected chi connectivity index (χ0v) is 17.6. The minimum Gasteiger partial charge on any atom is -0.489 e. The Balaban J connectivity index is 1.58. The molecule has 1 amide bonds. The summed E-state index contributed by atoms with van der Waals surface area (Å²) in [6.45, 7) is 5.19. The highest BCUT2D eigenvalue weighted by Crippen LogP contribution is 2.19. The second-order valence-corrected chi connectivity index (χ2v) is 7.30. The molecule has 0 heterocycles. The van der Waals surface area contributed by atoms with E-state index in [2.05, 4.69) is 37.4 Å². The van der Waals surface area contributed by atoms with Gasteiger partial charge in [0.1, 0.15) is 12.4 Å². The van der Waals surface area contributed by atoms with Crippen molar-refractivity contribution in [1.29, 1.82) is 0 Å². The summed E-state index contributed by atoms with van der Waals surface area (Å²) < 4.78 is 5.78. The van der Waals surface area contributed by atoms with E-state index >= 15 is 0 Å². The first-order valence-corrected chi connectivity index (χ1v) is 10.3. The van der Waals surface area contributed by atoms with Crippen molar-refractivity contribution in [2.75, 3.05) is 0 Å². The van der Waals surface area contributed by atoms with Gasteiger partial charge in [-0.25, -0.2) is 0 Å². The van der Waals surface area contributed by atoms with Gasteiger partial charge >= 0.3 is 0 Å². The van der Waals surface area contributed by atoms with E-state index in [1.807, 2.05) is 24.3 Å². The number of nitrogens with one attached hydrogen (secondary N) is 1. The van der Waals surface area contributed by atoms with Crippen LogP contribution in [0, 0.1) is 0 Å². The number of carbonyl (C=O) groups excluding carboxylic acids is 1. The average molecular weight is 408 g/mol. The van der Waals surface area contributed by atoms with Crippen LogP contribution in [0.3, 0.4) is 0 Å².